The number of fused-ring (bicyclic) bond motifs is 3. The minimum absolute atomic E-state index is 0.214. The average Bonchev–Trinajstić information content (AvgIpc) is 3.58. The molecule has 0 unspecified atom stereocenters. The van der Waals surface area contributed by atoms with Crippen LogP contribution in [-0.2, 0) is 11.2 Å². The van der Waals surface area contributed by atoms with E-state index < -0.39 is 23.2 Å². The van der Waals surface area contributed by atoms with Crippen LogP contribution in [0.1, 0.15) is 77.6 Å². The van der Waals surface area contributed by atoms with Crippen molar-refractivity contribution in [3.63, 3.8) is 0 Å². The monoisotopic (exact) mass is 750 g/mol. The minimum atomic E-state index is -0.931. The highest BCUT2D eigenvalue weighted by Crippen LogP contribution is 2.42. The molecular formula is C42H44F2N6O5. The summed E-state index contributed by atoms with van der Waals surface area (Å²) in [6.45, 7) is 11.4. The second kappa shape index (κ2) is 17.0. The fourth-order valence-electron chi connectivity index (χ4n) is 6.97. The van der Waals surface area contributed by atoms with E-state index in [0.29, 0.717) is 39.6 Å². The van der Waals surface area contributed by atoms with Gasteiger partial charge in [0.2, 0.25) is 0 Å². The molecule has 3 aromatic carbocycles. The number of oxazole rings is 1. The fraction of sp³-hybridized carbons (Fsp3) is 0.310. The van der Waals surface area contributed by atoms with E-state index in [1.165, 1.54) is 6.07 Å². The van der Waals surface area contributed by atoms with E-state index >= 15 is 0 Å². The third-order valence-electron chi connectivity index (χ3n) is 9.68. The number of rotatable bonds is 6. The maximum Gasteiger partial charge on any atom is 0.311 e. The molecule has 2 aromatic heterocycles. The number of aromatic nitrogens is 2. The number of para-hydroxylation sites is 2. The first-order valence-electron chi connectivity index (χ1n) is 18.6. The average molecular weight is 751 g/mol. The van der Waals surface area contributed by atoms with E-state index in [4.69, 9.17) is 9.15 Å². The summed E-state index contributed by atoms with van der Waals surface area (Å²) in [6.07, 6.45) is 3.95. The molecule has 0 radical (unpaired) electrons. The van der Waals surface area contributed by atoms with E-state index in [-0.39, 0.29) is 41.8 Å². The molecule has 0 aliphatic carbocycles. The van der Waals surface area contributed by atoms with Gasteiger partial charge in [-0.3, -0.25) is 14.4 Å². The lowest BCUT2D eigenvalue weighted by atomic mass is 9.73. The smallest absolute Gasteiger partial charge is 0.311 e. The van der Waals surface area contributed by atoms with Crippen molar-refractivity contribution in [2.75, 3.05) is 53.3 Å². The Kier molecular flexibility index (Phi) is 12.0. The number of hydrogen-bond acceptors (Lipinski definition) is 8. The molecule has 2 fully saturated rings. The minimum Gasteiger partial charge on any atom is -0.432 e. The van der Waals surface area contributed by atoms with Crippen molar-refractivity contribution in [3.05, 3.63) is 119 Å². The van der Waals surface area contributed by atoms with Gasteiger partial charge in [0.25, 0.3) is 17.7 Å². The molecule has 0 atom stereocenters. The highest BCUT2D eigenvalue weighted by molar-refractivity contribution is 6.10. The Morgan fingerprint density at radius 3 is 2.20 bits per heavy atom. The number of carbonyl (C=O) groups excluding carboxylic acids is 3. The molecule has 0 saturated carbocycles. The number of nitrogens with one attached hydrogen (secondary N) is 2. The van der Waals surface area contributed by atoms with E-state index in [2.05, 4.69) is 25.5 Å². The molecule has 1 spiro atoms. The van der Waals surface area contributed by atoms with E-state index in [9.17, 15) is 23.2 Å². The quantitative estimate of drug-likeness (QED) is 0.177. The summed E-state index contributed by atoms with van der Waals surface area (Å²) >= 11 is 0. The molecule has 3 aliphatic rings. The molecule has 5 aromatic rings. The van der Waals surface area contributed by atoms with E-state index in [1.54, 1.807) is 71.8 Å². The first-order valence-corrected chi connectivity index (χ1v) is 18.6. The molecule has 286 valence electrons. The molecule has 3 aliphatic heterocycles. The molecule has 13 heteroatoms. The third kappa shape index (κ3) is 7.97. The van der Waals surface area contributed by atoms with Crippen molar-refractivity contribution in [1.29, 1.82) is 0 Å². The number of anilines is 4. The van der Waals surface area contributed by atoms with Crippen LogP contribution in [0.3, 0.4) is 0 Å². The molecule has 11 nitrogen and oxygen atoms in total. The third-order valence-corrected chi connectivity index (χ3v) is 9.68. The second-order valence-corrected chi connectivity index (χ2v) is 12.9. The zero-order valence-corrected chi connectivity index (χ0v) is 31.3. The predicted molar refractivity (Wildman–Crippen MR) is 208 cm³/mol. The maximum absolute atomic E-state index is 14.2. The number of ether oxygens (including phenoxy) is 1. The van der Waals surface area contributed by atoms with Crippen LogP contribution < -0.4 is 20.4 Å². The van der Waals surface area contributed by atoms with Crippen LogP contribution in [0.4, 0.5) is 31.7 Å². The van der Waals surface area contributed by atoms with Gasteiger partial charge in [-0.25, -0.2) is 18.7 Å². The van der Waals surface area contributed by atoms with E-state index in [0.717, 1.165) is 51.3 Å². The molecule has 55 heavy (non-hydrogen) atoms. The summed E-state index contributed by atoms with van der Waals surface area (Å²) in [6, 6.07) is 20.5. The van der Waals surface area contributed by atoms with Gasteiger partial charge in [0.05, 0.1) is 16.9 Å². The summed E-state index contributed by atoms with van der Waals surface area (Å²) in [4.78, 5) is 52.8. The van der Waals surface area contributed by atoms with Crippen LogP contribution >= 0.6 is 0 Å². The highest BCUT2D eigenvalue weighted by Gasteiger charge is 2.45. The Labute approximate surface area is 318 Å². The van der Waals surface area contributed by atoms with Crippen LogP contribution in [0.15, 0.2) is 89.5 Å². The van der Waals surface area contributed by atoms with Crippen molar-refractivity contribution >= 4 is 40.6 Å². The summed E-state index contributed by atoms with van der Waals surface area (Å²) in [5.41, 5.74) is 2.51. The van der Waals surface area contributed by atoms with Crippen LogP contribution in [0, 0.1) is 17.0 Å². The zero-order valence-electron chi connectivity index (χ0n) is 31.3. The van der Waals surface area contributed by atoms with Gasteiger partial charge in [-0.2, -0.15) is 0 Å². The summed E-state index contributed by atoms with van der Waals surface area (Å²) < 4.78 is 39.7. The summed E-state index contributed by atoms with van der Waals surface area (Å²) in [5.74, 6) is -2.77. The van der Waals surface area contributed by atoms with Gasteiger partial charge in [-0.05, 0) is 73.5 Å². The number of nitrogens with zero attached hydrogens (tertiary/aromatic N) is 4. The number of hydrogen-bond donors (Lipinski definition) is 2. The number of pyridine rings is 1. The largest absolute Gasteiger partial charge is 0.432 e. The molecule has 8 rings (SSSR count). The Bertz CT molecular complexity index is 2140. The van der Waals surface area contributed by atoms with Crippen molar-refractivity contribution in [2.24, 2.45) is 5.41 Å². The lowest BCUT2D eigenvalue weighted by Crippen LogP contribution is -2.59. The fourth-order valence-corrected chi connectivity index (χ4v) is 6.97. The van der Waals surface area contributed by atoms with Crippen molar-refractivity contribution in [3.8, 4) is 11.3 Å². The SMILES string of the molecule is CC.CC.O=C(Nc1c(F)cccc1F)c1nc2c(o1)-c1ccccc1N(C(=O)c1ccc(NC(=O)c3cccnc3N3CC4(CCOCC4)C3)cc1)CC2. The molecule has 5 heterocycles. The standard InChI is InChI=1S/C38H32F2N6O5.2C2H6/c39-27-7-3-8-28(40)31(27)44-35(48)36-43-29-14-18-46(30-9-2-1-5-25(30)32(29)51-36)37(49)23-10-12-24(13-11-23)42-34(47)26-6-4-17-41-33(26)45-21-38(22-45)15-19-50-20-16-38;2*1-2/h1-13,17H,14-16,18-22H2,(H,42,47)(H,44,48);2*1-2H3. The van der Waals surface area contributed by atoms with Gasteiger partial charge in [0, 0.05) is 67.7 Å². The molecular weight excluding hydrogens is 706 g/mol. The predicted octanol–water partition coefficient (Wildman–Crippen LogP) is 8.39. The van der Waals surface area contributed by atoms with Crippen molar-refractivity contribution in [2.45, 2.75) is 47.0 Å². The Balaban J connectivity index is 0.00000125. The van der Waals surface area contributed by atoms with Gasteiger partial charge in [-0.1, -0.05) is 45.9 Å². The number of benzene rings is 3. The summed E-state index contributed by atoms with van der Waals surface area (Å²) in [5, 5.41) is 5.14. The van der Waals surface area contributed by atoms with Gasteiger partial charge in [0.1, 0.15) is 23.1 Å². The highest BCUT2D eigenvalue weighted by atomic mass is 19.1. The number of carbonyl (C=O) groups is 3. The van der Waals surface area contributed by atoms with Crippen LogP contribution in [0.5, 0.6) is 0 Å². The lowest BCUT2D eigenvalue weighted by molar-refractivity contribution is -0.000510. The van der Waals surface area contributed by atoms with Crippen LogP contribution in [0.25, 0.3) is 11.3 Å². The number of halogens is 2. The van der Waals surface area contributed by atoms with Gasteiger partial charge >= 0.3 is 5.91 Å². The lowest BCUT2D eigenvalue weighted by Gasteiger charge is -2.53. The summed E-state index contributed by atoms with van der Waals surface area (Å²) in [7, 11) is 0. The number of amides is 3. The molecule has 2 saturated heterocycles. The van der Waals surface area contributed by atoms with Crippen molar-refractivity contribution in [1.82, 2.24) is 9.97 Å². The van der Waals surface area contributed by atoms with E-state index in [1.807, 2.05) is 27.7 Å². The molecule has 0 bridgehead atoms. The Morgan fingerprint density at radius 1 is 0.800 bits per heavy atom. The first kappa shape index (κ1) is 38.8. The van der Waals surface area contributed by atoms with Crippen molar-refractivity contribution < 1.29 is 32.3 Å². The van der Waals surface area contributed by atoms with Crippen LogP contribution in [0.2, 0.25) is 0 Å². The second-order valence-electron chi connectivity index (χ2n) is 12.9. The zero-order chi connectivity index (χ0) is 39.1. The Hall–Kier alpha value is -5.95. The normalized spacial score (nSPS) is 15.1. The van der Waals surface area contributed by atoms with Gasteiger partial charge in [0.15, 0.2) is 5.76 Å². The van der Waals surface area contributed by atoms with Gasteiger partial charge in [-0.15, -0.1) is 0 Å². The molecule has 3 amide bonds. The first-order chi connectivity index (χ1) is 26.8. The topological polar surface area (TPSA) is 130 Å². The maximum atomic E-state index is 14.2. The molecule has 2 N–H and O–H groups in total. The Morgan fingerprint density at radius 2 is 1.49 bits per heavy atom. The van der Waals surface area contributed by atoms with Gasteiger partial charge < -0.3 is 29.6 Å². The van der Waals surface area contributed by atoms with Crippen LogP contribution in [-0.4, -0.2) is 60.5 Å².